The lowest BCUT2D eigenvalue weighted by atomic mass is 9.74. The van der Waals surface area contributed by atoms with Gasteiger partial charge in [-0.3, -0.25) is 4.90 Å². The molecule has 37 heavy (non-hydrogen) atoms. The summed E-state index contributed by atoms with van der Waals surface area (Å²) in [7, 11) is -3.63. The number of aryl methyl sites for hydroxylation is 1. The van der Waals surface area contributed by atoms with Gasteiger partial charge in [-0.05, 0) is 85.7 Å². The molecule has 0 radical (unpaired) electrons. The van der Waals surface area contributed by atoms with Gasteiger partial charge in [-0.25, -0.2) is 12.8 Å². The van der Waals surface area contributed by atoms with Crippen molar-refractivity contribution in [3.63, 3.8) is 0 Å². The minimum Gasteiger partial charge on any atom is -0.395 e. The van der Waals surface area contributed by atoms with Gasteiger partial charge in [0, 0.05) is 31.1 Å². The lowest BCUT2D eigenvalue weighted by Gasteiger charge is -2.57. The van der Waals surface area contributed by atoms with Gasteiger partial charge in [0.1, 0.15) is 5.82 Å². The highest BCUT2D eigenvalue weighted by Gasteiger charge is 2.50. The van der Waals surface area contributed by atoms with E-state index in [0.717, 1.165) is 47.2 Å². The standard InChI is InChI=1S/C30H35FN2O3S/c1-20-8-4-5-9-29(20)37(35,36)32-16-6-7-17-33-27(18-32)30(28(33)19-34)24-12-10-23(11-13-24)25-14-15-26(31)22(3)21(25)2/h4-5,8-15,27-28,30,34H,6-7,16-19H2,1-3H3/t27-,28+,30-/m0/s1. The smallest absolute Gasteiger partial charge is 0.243 e. The number of hydrogen-bond acceptors (Lipinski definition) is 4. The van der Waals surface area contributed by atoms with E-state index >= 15 is 0 Å². The van der Waals surface area contributed by atoms with Crippen LogP contribution in [0.2, 0.25) is 0 Å². The first kappa shape index (κ1) is 26.0. The predicted octanol–water partition coefficient (Wildman–Crippen LogP) is 5.03. The van der Waals surface area contributed by atoms with Crippen molar-refractivity contribution in [2.75, 3.05) is 26.2 Å². The van der Waals surface area contributed by atoms with Crippen molar-refractivity contribution in [1.82, 2.24) is 9.21 Å². The molecule has 5 nitrogen and oxygen atoms in total. The molecule has 1 N–H and O–H groups in total. The zero-order chi connectivity index (χ0) is 26.3. The average molecular weight is 523 g/mol. The van der Waals surface area contributed by atoms with Crippen LogP contribution >= 0.6 is 0 Å². The summed E-state index contributed by atoms with van der Waals surface area (Å²) < 4.78 is 42.9. The maximum Gasteiger partial charge on any atom is 0.243 e. The van der Waals surface area contributed by atoms with Crippen LogP contribution in [-0.2, 0) is 10.0 Å². The molecule has 3 aromatic carbocycles. The Morgan fingerprint density at radius 3 is 2.32 bits per heavy atom. The van der Waals surface area contributed by atoms with Gasteiger partial charge < -0.3 is 5.11 Å². The van der Waals surface area contributed by atoms with Crippen molar-refractivity contribution in [3.8, 4) is 11.1 Å². The highest BCUT2D eigenvalue weighted by molar-refractivity contribution is 7.89. The Bertz CT molecular complexity index is 1390. The van der Waals surface area contributed by atoms with Crippen LogP contribution in [0.1, 0.15) is 41.0 Å². The lowest BCUT2D eigenvalue weighted by Crippen LogP contribution is -2.67. The average Bonchev–Trinajstić information content (AvgIpc) is 2.87. The molecule has 0 spiro atoms. The first-order chi connectivity index (χ1) is 17.7. The van der Waals surface area contributed by atoms with E-state index < -0.39 is 10.0 Å². The topological polar surface area (TPSA) is 60.9 Å². The third-order valence-electron chi connectivity index (χ3n) is 8.37. The van der Waals surface area contributed by atoms with Crippen molar-refractivity contribution in [3.05, 3.63) is 88.7 Å². The summed E-state index contributed by atoms with van der Waals surface area (Å²) in [5.41, 5.74) is 5.44. The van der Waals surface area contributed by atoms with Gasteiger partial charge in [0.2, 0.25) is 10.0 Å². The molecular weight excluding hydrogens is 487 g/mol. The second kappa shape index (κ2) is 10.3. The second-order valence-corrected chi connectivity index (χ2v) is 12.3. The van der Waals surface area contributed by atoms with Gasteiger partial charge in [0.15, 0.2) is 0 Å². The molecule has 5 rings (SSSR count). The quantitative estimate of drug-likeness (QED) is 0.511. The molecule has 0 aliphatic carbocycles. The Labute approximate surface area is 219 Å². The predicted molar refractivity (Wildman–Crippen MR) is 145 cm³/mol. The van der Waals surface area contributed by atoms with E-state index in [1.807, 2.05) is 32.0 Å². The fraction of sp³-hybridized carbons (Fsp3) is 0.400. The van der Waals surface area contributed by atoms with E-state index in [-0.39, 0.29) is 30.4 Å². The van der Waals surface area contributed by atoms with Gasteiger partial charge in [0.05, 0.1) is 11.5 Å². The summed E-state index contributed by atoms with van der Waals surface area (Å²) >= 11 is 0. The van der Waals surface area contributed by atoms with Crippen LogP contribution in [0.4, 0.5) is 4.39 Å². The molecule has 2 fully saturated rings. The van der Waals surface area contributed by atoms with Gasteiger partial charge in [-0.2, -0.15) is 4.31 Å². The van der Waals surface area contributed by atoms with Crippen LogP contribution in [0.25, 0.3) is 11.1 Å². The summed E-state index contributed by atoms with van der Waals surface area (Å²) in [5, 5.41) is 10.3. The molecule has 3 aromatic rings. The zero-order valence-corrected chi connectivity index (χ0v) is 22.5. The molecule has 196 valence electrons. The number of nitrogens with zero attached hydrogens (tertiary/aromatic N) is 2. The highest BCUT2D eigenvalue weighted by atomic mass is 32.2. The zero-order valence-electron chi connectivity index (χ0n) is 21.7. The highest BCUT2D eigenvalue weighted by Crippen LogP contribution is 2.43. The maximum absolute atomic E-state index is 14.0. The first-order valence-corrected chi connectivity index (χ1v) is 14.5. The van der Waals surface area contributed by atoms with Crippen molar-refractivity contribution < 1.29 is 17.9 Å². The second-order valence-electron chi connectivity index (χ2n) is 10.4. The SMILES string of the molecule is Cc1ccccc1S(=O)(=O)N1CCCCN2[C@H](CO)[C@@H](c3ccc(-c4ccc(F)c(C)c4C)cc3)[C@@H]2C1. The van der Waals surface area contributed by atoms with Gasteiger partial charge in [-0.15, -0.1) is 0 Å². The largest absolute Gasteiger partial charge is 0.395 e. The maximum atomic E-state index is 14.0. The van der Waals surface area contributed by atoms with Crippen LogP contribution in [0.3, 0.4) is 0 Å². The van der Waals surface area contributed by atoms with E-state index in [1.54, 1.807) is 23.4 Å². The number of benzene rings is 3. The van der Waals surface area contributed by atoms with Crippen molar-refractivity contribution >= 4 is 10.0 Å². The number of fused-ring (bicyclic) bond motifs is 1. The first-order valence-electron chi connectivity index (χ1n) is 13.0. The monoisotopic (exact) mass is 522 g/mol. The molecule has 2 aliphatic heterocycles. The Morgan fingerprint density at radius 1 is 0.919 bits per heavy atom. The molecule has 0 aromatic heterocycles. The number of hydrogen-bond donors (Lipinski definition) is 1. The Hall–Kier alpha value is -2.58. The number of rotatable bonds is 5. The molecular formula is C30H35FN2O3S. The molecule has 2 heterocycles. The number of aliphatic hydroxyl groups is 1. The molecule has 0 saturated carbocycles. The molecule has 3 atom stereocenters. The normalized spacial score (nSPS) is 23.1. The van der Waals surface area contributed by atoms with Crippen molar-refractivity contribution in [2.45, 2.75) is 56.5 Å². The van der Waals surface area contributed by atoms with E-state index in [0.29, 0.717) is 23.5 Å². The van der Waals surface area contributed by atoms with Gasteiger partial charge in [-0.1, -0.05) is 48.5 Å². The van der Waals surface area contributed by atoms with Gasteiger partial charge >= 0.3 is 0 Å². The Kier molecular flexibility index (Phi) is 7.24. The van der Waals surface area contributed by atoms with E-state index in [1.165, 1.54) is 6.07 Å². The minimum absolute atomic E-state index is 0.00287. The fourth-order valence-electron chi connectivity index (χ4n) is 6.10. The summed E-state index contributed by atoms with van der Waals surface area (Å²) in [6.07, 6.45) is 1.68. The summed E-state index contributed by atoms with van der Waals surface area (Å²) in [6, 6.07) is 18.7. The van der Waals surface area contributed by atoms with Gasteiger partial charge in [0.25, 0.3) is 0 Å². The van der Waals surface area contributed by atoms with Crippen LogP contribution in [0.15, 0.2) is 65.6 Å². The van der Waals surface area contributed by atoms with Crippen molar-refractivity contribution in [2.24, 2.45) is 0 Å². The molecule has 0 unspecified atom stereocenters. The molecule has 0 bridgehead atoms. The number of aliphatic hydroxyl groups excluding tert-OH is 1. The third-order valence-corrected chi connectivity index (χ3v) is 10.4. The van der Waals surface area contributed by atoms with E-state index in [9.17, 15) is 17.9 Å². The number of sulfonamides is 1. The minimum atomic E-state index is -3.63. The van der Waals surface area contributed by atoms with Crippen LogP contribution in [0, 0.1) is 26.6 Å². The van der Waals surface area contributed by atoms with Crippen molar-refractivity contribution in [1.29, 1.82) is 0 Å². The fourth-order valence-corrected chi connectivity index (χ4v) is 7.82. The summed E-state index contributed by atoms with van der Waals surface area (Å²) in [6.45, 7) is 7.35. The van der Waals surface area contributed by atoms with E-state index in [4.69, 9.17) is 0 Å². The third kappa shape index (κ3) is 4.63. The Balaban J connectivity index is 1.44. The van der Waals surface area contributed by atoms with Crippen LogP contribution in [0.5, 0.6) is 0 Å². The molecule has 7 heteroatoms. The molecule has 2 saturated heterocycles. The molecule has 0 amide bonds. The van der Waals surface area contributed by atoms with E-state index in [2.05, 4.69) is 29.2 Å². The molecule has 2 aliphatic rings. The number of halogens is 1. The lowest BCUT2D eigenvalue weighted by molar-refractivity contribution is -0.0553. The Morgan fingerprint density at radius 2 is 1.62 bits per heavy atom. The van der Waals surface area contributed by atoms with Crippen LogP contribution < -0.4 is 0 Å². The summed E-state index contributed by atoms with van der Waals surface area (Å²) in [5.74, 6) is -0.171. The van der Waals surface area contributed by atoms with Crippen LogP contribution in [-0.4, -0.2) is 61.1 Å². The summed E-state index contributed by atoms with van der Waals surface area (Å²) in [4.78, 5) is 2.65.